The molecule has 0 radical (unpaired) electrons. The van der Waals surface area contributed by atoms with Crippen LogP contribution in [-0.2, 0) is 4.79 Å². The van der Waals surface area contributed by atoms with E-state index in [1.54, 1.807) is 24.3 Å². The molecule has 1 fully saturated rings. The smallest absolute Gasteiger partial charge is 0.251 e. The molecule has 0 aliphatic heterocycles. The summed E-state index contributed by atoms with van der Waals surface area (Å²) in [5, 5.41) is 5.78. The minimum atomic E-state index is -0.0878. The van der Waals surface area contributed by atoms with Crippen LogP contribution in [0.5, 0.6) is 5.75 Å². The minimum Gasteiger partial charge on any atom is -0.494 e. The molecule has 0 unspecified atom stereocenters. The molecule has 0 saturated heterocycles. The molecule has 26 heavy (non-hydrogen) atoms. The first-order chi connectivity index (χ1) is 12.6. The Balaban J connectivity index is 1.42. The van der Waals surface area contributed by atoms with Crippen LogP contribution in [0, 0.1) is 6.92 Å². The average molecular weight is 352 g/mol. The van der Waals surface area contributed by atoms with Crippen LogP contribution in [0.15, 0.2) is 48.5 Å². The molecule has 2 amide bonds. The zero-order valence-corrected chi connectivity index (χ0v) is 15.0. The highest BCUT2D eigenvalue weighted by molar-refractivity contribution is 5.97. The Labute approximate surface area is 153 Å². The monoisotopic (exact) mass is 352 g/mol. The van der Waals surface area contributed by atoms with Crippen LogP contribution >= 0.6 is 0 Å². The molecule has 0 atom stereocenters. The summed E-state index contributed by atoms with van der Waals surface area (Å²) in [6, 6.07) is 15.2. The van der Waals surface area contributed by atoms with Gasteiger partial charge in [-0.15, -0.1) is 0 Å². The minimum absolute atomic E-state index is 0.0856. The summed E-state index contributed by atoms with van der Waals surface area (Å²) in [6.07, 6.45) is 3.09. The molecule has 2 N–H and O–H groups in total. The van der Waals surface area contributed by atoms with Crippen molar-refractivity contribution >= 4 is 17.5 Å². The van der Waals surface area contributed by atoms with E-state index in [0.29, 0.717) is 36.7 Å². The summed E-state index contributed by atoms with van der Waals surface area (Å²) in [5.41, 5.74) is 2.35. The van der Waals surface area contributed by atoms with Crippen molar-refractivity contribution in [2.24, 2.45) is 0 Å². The molecule has 2 aromatic rings. The molecular formula is C21H24N2O3. The predicted octanol–water partition coefficient (Wildman–Crippen LogP) is 3.68. The second kappa shape index (κ2) is 8.52. The summed E-state index contributed by atoms with van der Waals surface area (Å²) in [6.45, 7) is 2.50. The van der Waals surface area contributed by atoms with E-state index < -0.39 is 0 Å². The van der Waals surface area contributed by atoms with E-state index in [9.17, 15) is 9.59 Å². The summed E-state index contributed by atoms with van der Waals surface area (Å²) >= 11 is 0. The first-order valence-electron chi connectivity index (χ1n) is 9.00. The van der Waals surface area contributed by atoms with Gasteiger partial charge in [-0.05, 0) is 62.1 Å². The van der Waals surface area contributed by atoms with Crippen LogP contribution < -0.4 is 15.4 Å². The van der Waals surface area contributed by atoms with Gasteiger partial charge >= 0.3 is 0 Å². The second-order valence-corrected chi connectivity index (χ2v) is 6.65. The third kappa shape index (κ3) is 5.62. The lowest BCUT2D eigenvalue weighted by atomic mass is 10.2. The number of ether oxygens (including phenoxy) is 1. The van der Waals surface area contributed by atoms with Gasteiger partial charge in [0.2, 0.25) is 5.91 Å². The van der Waals surface area contributed by atoms with Crippen molar-refractivity contribution in [3.8, 4) is 5.75 Å². The van der Waals surface area contributed by atoms with E-state index in [1.807, 2.05) is 31.2 Å². The maximum absolute atomic E-state index is 12.1. The third-order valence-electron chi connectivity index (χ3n) is 4.13. The second-order valence-electron chi connectivity index (χ2n) is 6.65. The Morgan fingerprint density at radius 3 is 2.69 bits per heavy atom. The van der Waals surface area contributed by atoms with Crippen molar-refractivity contribution in [2.45, 2.75) is 38.6 Å². The Morgan fingerprint density at radius 2 is 1.92 bits per heavy atom. The molecule has 0 aromatic heterocycles. The number of benzene rings is 2. The predicted molar refractivity (Wildman–Crippen MR) is 101 cm³/mol. The van der Waals surface area contributed by atoms with Crippen LogP contribution in [0.3, 0.4) is 0 Å². The summed E-state index contributed by atoms with van der Waals surface area (Å²) in [5.74, 6) is 0.646. The van der Waals surface area contributed by atoms with Gasteiger partial charge in [-0.3, -0.25) is 9.59 Å². The van der Waals surface area contributed by atoms with Crippen LogP contribution in [0.1, 0.15) is 41.6 Å². The fourth-order valence-electron chi connectivity index (χ4n) is 2.59. The molecule has 136 valence electrons. The van der Waals surface area contributed by atoms with Gasteiger partial charge in [-0.2, -0.15) is 0 Å². The quantitative estimate of drug-likeness (QED) is 0.712. The zero-order chi connectivity index (χ0) is 18.4. The topological polar surface area (TPSA) is 67.4 Å². The van der Waals surface area contributed by atoms with Crippen LogP contribution in [-0.4, -0.2) is 24.5 Å². The Bertz CT molecular complexity index is 784. The van der Waals surface area contributed by atoms with Crippen molar-refractivity contribution in [1.29, 1.82) is 0 Å². The van der Waals surface area contributed by atoms with E-state index in [1.165, 1.54) is 0 Å². The molecule has 0 heterocycles. The average Bonchev–Trinajstić information content (AvgIpc) is 3.43. The maximum Gasteiger partial charge on any atom is 0.251 e. The lowest BCUT2D eigenvalue weighted by molar-refractivity contribution is -0.116. The molecule has 1 aliphatic carbocycles. The Kier molecular flexibility index (Phi) is 5.89. The van der Waals surface area contributed by atoms with Crippen molar-refractivity contribution in [3.05, 3.63) is 59.7 Å². The number of hydrogen-bond donors (Lipinski definition) is 2. The Morgan fingerprint density at radius 1 is 1.12 bits per heavy atom. The molecule has 0 bridgehead atoms. The summed E-state index contributed by atoms with van der Waals surface area (Å²) in [7, 11) is 0. The van der Waals surface area contributed by atoms with Gasteiger partial charge in [0.25, 0.3) is 5.91 Å². The first kappa shape index (κ1) is 18.0. The molecule has 0 spiro atoms. The maximum atomic E-state index is 12.1. The largest absolute Gasteiger partial charge is 0.494 e. The van der Waals surface area contributed by atoms with Gasteiger partial charge < -0.3 is 15.4 Å². The highest BCUT2D eigenvalue weighted by Crippen LogP contribution is 2.20. The van der Waals surface area contributed by atoms with Crippen molar-refractivity contribution in [3.63, 3.8) is 0 Å². The number of hydrogen-bond acceptors (Lipinski definition) is 3. The SMILES string of the molecule is Cc1cccc(OCCCC(=O)Nc2cccc(C(=O)NC3CC3)c2)c1. The van der Waals surface area contributed by atoms with Crippen molar-refractivity contribution < 1.29 is 14.3 Å². The van der Waals surface area contributed by atoms with Gasteiger partial charge in [0.15, 0.2) is 0 Å². The third-order valence-corrected chi connectivity index (χ3v) is 4.13. The molecule has 1 saturated carbocycles. The van der Waals surface area contributed by atoms with Gasteiger partial charge in [0.1, 0.15) is 5.75 Å². The van der Waals surface area contributed by atoms with E-state index in [4.69, 9.17) is 4.74 Å². The van der Waals surface area contributed by atoms with Gasteiger partial charge in [-0.1, -0.05) is 18.2 Å². The molecule has 5 nitrogen and oxygen atoms in total. The van der Waals surface area contributed by atoms with E-state index >= 15 is 0 Å². The van der Waals surface area contributed by atoms with E-state index in [2.05, 4.69) is 10.6 Å². The number of anilines is 1. The van der Waals surface area contributed by atoms with Crippen LogP contribution in [0.2, 0.25) is 0 Å². The highest BCUT2D eigenvalue weighted by Gasteiger charge is 2.23. The molecule has 1 aliphatic rings. The lowest BCUT2D eigenvalue weighted by Crippen LogP contribution is -2.25. The standard InChI is InChI=1S/C21H24N2O3/c1-15-5-2-8-19(13-15)26-12-4-9-20(24)22-18-7-3-6-16(14-18)21(25)23-17-10-11-17/h2-3,5-8,13-14,17H,4,9-12H2,1H3,(H,22,24)(H,23,25). The summed E-state index contributed by atoms with van der Waals surface area (Å²) in [4.78, 5) is 24.1. The van der Waals surface area contributed by atoms with Crippen molar-refractivity contribution in [2.75, 3.05) is 11.9 Å². The molecule has 2 aromatic carbocycles. The fraction of sp³-hybridized carbons (Fsp3) is 0.333. The lowest BCUT2D eigenvalue weighted by Gasteiger charge is -2.09. The number of carbonyl (C=O) groups excluding carboxylic acids is 2. The van der Waals surface area contributed by atoms with Crippen LogP contribution in [0.4, 0.5) is 5.69 Å². The van der Waals surface area contributed by atoms with E-state index in [-0.39, 0.29) is 11.8 Å². The van der Waals surface area contributed by atoms with Gasteiger partial charge in [0, 0.05) is 23.7 Å². The molecular weight excluding hydrogens is 328 g/mol. The number of aryl methyl sites for hydroxylation is 1. The first-order valence-corrected chi connectivity index (χ1v) is 9.00. The number of rotatable bonds is 8. The zero-order valence-electron chi connectivity index (χ0n) is 15.0. The van der Waals surface area contributed by atoms with E-state index in [0.717, 1.165) is 24.2 Å². The summed E-state index contributed by atoms with van der Waals surface area (Å²) < 4.78 is 5.65. The number of nitrogens with one attached hydrogen (secondary N) is 2. The Hall–Kier alpha value is -2.82. The normalized spacial score (nSPS) is 13.1. The van der Waals surface area contributed by atoms with Gasteiger partial charge in [0.05, 0.1) is 6.61 Å². The number of carbonyl (C=O) groups is 2. The molecule has 5 heteroatoms. The fourth-order valence-corrected chi connectivity index (χ4v) is 2.59. The van der Waals surface area contributed by atoms with Crippen molar-refractivity contribution in [1.82, 2.24) is 5.32 Å². The van der Waals surface area contributed by atoms with Gasteiger partial charge in [-0.25, -0.2) is 0 Å². The number of amides is 2. The van der Waals surface area contributed by atoms with Crippen LogP contribution in [0.25, 0.3) is 0 Å². The highest BCUT2D eigenvalue weighted by atomic mass is 16.5. The molecule has 3 rings (SSSR count).